The maximum absolute atomic E-state index is 13.8. The van der Waals surface area contributed by atoms with Gasteiger partial charge in [-0.3, -0.25) is 13.7 Å². The van der Waals surface area contributed by atoms with Crippen LogP contribution in [0.1, 0.15) is 67.4 Å². The Labute approximate surface area is 283 Å². The van der Waals surface area contributed by atoms with E-state index in [-0.39, 0.29) is 23.2 Å². The lowest BCUT2D eigenvalue weighted by Crippen LogP contribution is -2.54. The minimum Gasteiger partial charge on any atom is -0.490 e. The van der Waals surface area contributed by atoms with Crippen LogP contribution in [-0.2, 0) is 35.8 Å². The number of rotatable bonds is 3. The molecule has 2 aliphatic heterocycles. The molecule has 2 aromatic carbocycles. The van der Waals surface area contributed by atoms with E-state index in [0.29, 0.717) is 48.9 Å². The van der Waals surface area contributed by atoms with E-state index >= 15 is 0 Å². The number of ether oxygens (including phenoxy) is 1. The highest BCUT2D eigenvalue weighted by Gasteiger charge is 2.48. The molecule has 1 saturated carbocycles. The van der Waals surface area contributed by atoms with Crippen molar-refractivity contribution in [3.05, 3.63) is 70.3 Å². The molecule has 0 saturated heterocycles. The number of nitrogens with zero attached hydrogens (tertiary/aromatic N) is 1. The molecule has 12 heteroatoms. The molecule has 7 atom stereocenters. The van der Waals surface area contributed by atoms with Crippen molar-refractivity contribution in [3.63, 3.8) is 0 Å². The van der Waals surface area contributed by atoms with Crippen molar-refractivity contribution in [2.75, 3.05) is 37.5 Å². The first-order chi connectivity index (χ1) is 22.1. The molecule has 4 aliphatic rings. The van der Waals surface area contributed by atoms with Gasteiger partial charge in [-0.25, -0.2) is 4.21 Å². The number of carbonyl (C=O) groups is 1. The number of nitrogens with one attached hydrogen (secondary N) is 1. The van der Waals surface area contributed by atoms with Gasteiger partial charge in [0.1, 0.15) is 11.4 Å². The summed E-state index contributed by atoms with van der Waals surface area (Å²) < 4.78 is 52.4. The van der Waals surface area contributed by atoms with E-state index in [1.54, 1.807) is 31.2 Å². The maximum Gasteiger partial charge on any atom is 0.264 e. The van der Waals surface area contributed by atoms with Crippen molar-refractivity contribution in [2.24, 2.45) is 17.8 Å². The zero-order valence-corrected chi connectivity index (χ0v) is 29.6. The number of allylic oxidation sites excluding steroid dienone is 1. The molecule has 9 nitrogen and oxygen atoms in total. The Kier molecular flexibility index (Phi) is 9.28. The normalized spacial score (nSPS) is 35.0. The van der Waals surface area contributed by atoms with Crippen LogP contribution in [0.25, 0.3) is 0 Å². The van der Waals surface area contributed by atoms with Crippen LogP contribution in [0.5, 0.6) is 5.75 Å². The topological polar surface area (TPSA) is 122 Å². The summed E-state index contributed by atoms with van der Waals surface area (Å²) in [6.45, 7) is 4.92. The molecule has 2 N–H and O–H groups in total. The van der Waals surface area contributed by atoms with Crippen LogP contribution in [0.3, 0.4) is 0 Å². The van der Waals surface area contributed by atoms with E-state index in [1.807, 2.05) is 25.1 Å². The predicted molar refractivity (Wildman–Crippen MR) is 187 cm³/mol. The van der Waals surface area contributed by atoms with Gasteiger partial charge in [-0.15, -0.1) is 0 Å². The average molecular weight is 705 g/mol. The summed E-state index contributed by atoms with van der Waals surface area (Å²) in [5, 5.41) is 12.3. The van der Waals surface area contributed by atoms with Crippen molar-refractivity contribution >= 4 is 48.9 Å². The second-order valence-corrected chi connectivity index (χ2v) is 18.6. The number of aryl methyl sites for hydroxylation is 1. The summed E-state index contributed by atoms with van der Waals surface area (Å²) in [6, 6.07) is 11.4. The molecule has 1 amide bonds. The second kappa shape index (κ2) is 12.7. The van der Waals surface area contributed by atoms with Crippen molar-refractivity contribution < 1.29 is 31.4 Å². The Morgan fingerprint density at radius 2 is 2.00 bits per heavy atom. The van der Waals surface area contributed by atoms with Crippen LogP contribution in [0.4, 0.5) is 5.69 Å². The molecule has 0 radical (unpaired) electrons. The van der Waals surface area contributed by atoms with Gasteiger partial charge in [0.15, 0.2) is 0 Å². The largest absolute Gasteiger partial charge is 0.490 e. The molecule has 0 aromatic heterocycles. The van der Waals surface area contributed by atoms with E-state index in [2.05, 4.69) is 21.6 Å². The fraction of sp³-hybridized carbons (Fsp3) is 0.543. The maximum atomic E-state index is 13.8. The molecular weight excluding hydrogens is 660 g/mol. The Balaban J connectivity index is 1.45. The van der Waals surface area contributed by atoms with E-state index < -0.39 is 43.2 Å². The summed E-state index contributed by atoms with van der Waals surface area (Å²) >= 11 is 6.41. The van der Waals surface area contributed by atoms with Crippen LogP contribution >= 0.6 is 11.6 Å². The third-order valence-corrected chi connectivity index (χ3v) is 13.9. The van der Waals surface area contributed by atoms with Crippen molar-refractivity contribution in [1.82, 2.24) is 4.72 Å². The number of benzene rings is 2. The van der Waals surface area contributed by atoms with Crippen molar-refractivity contribution in [2.45, 2.75) is 68.6 Å². The first-order valence-corrected chi connectivity index (χ1v) is 20.3. The van der Waals surface area contributed by atoms with Gasteiger partial charge in [-0.1, -0.05) is 36.7 Å². The van der Waals surface area contributed by atoms with Gasteiger partial charge in [0.05, 0.1) is 34.9 Å². The molecule has 1 unspecified atom stereocenters. The van der Waals surface area contributed by atoms with Crippen molar-refractivity contribution in [3.8, 4) is 5.75 Å². The first-order valence-electron chi connectivity index (χ1n) is 16.3. The smallest absolute Gasteiger partial charge is 0.264 e. The van der Waals surface area contributed by atoms with E-state index in [4.69, 9.17) is 20.5 Å². The number of amides is 1. The SMILES string of the molecule is C=S1(=O)NC(=O)c2ccc3c(c2)N(C[C@@H]2CC[C@H]2[C@](O)(COS(C)(=O)=O)/C=C/C[C@H](C)[C@H]1C)C[C@@]1(CCCc2cc(Cl)ccc21)CO3. The highest BCUT2D eigenvalue weighted by atomic mass is 35.5. The second-order valence-electron chi connectivity index (χ2n) is 14.2. The van der Waals surface area contributed by atoms with Gasteiger partial charge >= 0.3 is 0 Å². The Hall–Kier alpha value is -2.57. The Bertz CT molecular complexity index is 1800. The number of halogens is 1. The summed E-state index contributed by atoms with van der Waals surface area (Å²) in [5.41, 5.74) is 1.64. The first kappa shape index (κ1) is 34.3. The molecule has 256 valence electrons. The quantitative estimate of drug-likeness (QED) is 0.263. The van der Waals surface area contributed by atoms with Crippen LogP contribution < -0.4 is 14.4 Å². The van der Waals surface area contributed by atoms with Crippen LogP contribution in [0.2, 0.25) is 5.02 Å². The third kappa shape index (κ3) is 6.97. The number of aliphatic hydroxyl groups is 1. The number of carbonyl (C=O) groups excluding carboxylic acids is 1. The van der Waals surface area contributed by atoms with E-state index in [1.165, 1.54) is 11.1 Å². The minimum absolute atomic E-state index is 0.00408. The number of hydrogen-bond donors (Lipinski definition) is 2. The highest BCUT2D eigenvalue weighted by molar-refractivity contribution is 7.99. The summed E-state index contributed by atoms with van der Waals surface area (Å²) in [7, 11) is -6.87. The average Bonchev–Trinajstić information content (AvgIpc) is 3.13. The lowest BCUT2D eigenvalue weighted by molar-refractivity contribution is -0.0697. The van der Waals surface area contributed by atoms with Gasteiger partial charge in [0.25, 0.3) is 16.0 Å². The van der Waals surface area contributed by atoms with Gasteiger partial charge < -0.3 is 14.7 Å². The summed E-state index contributed by atoms with van der Waals surface area (Å²) in [4.78, 5) is 15.9. The highest BCUT2D eigenvalue weighted by Crippen LogP contribution is 2.48. The molecule has 1 spiro atoms. The lowest BCUT2D eigenvalue weighted by Gasteiger charge is -2.49. The van der Waals surface area contributed by atoms with Gasteiger partial charge in [0.2, 0.25) is 0 Å². The zero-order valence-electron chi connectivity index (χ0n) is 27.2. The molecular formula is C35H45ClN2O7S2. The fourth-order valence-corrected chi connectivity index (χ4v) is 9.90. The van der Waals surface area contributed by atoms with E-state index in [0.717, 1.165) is 37.6 Å². The number of hydrogen-bond acceptors (Lipinski definition) is 8. The van der Waals surface area contributed by atoms with Crippen LogP contribution in [0, 0.1) is 17.8 Å². The molecule has 2 heterocycles. The Morgan fingerprint density at radius 3 is 2.72 bits per heavy atom. The molecule has 2 aromatic rings. The molecule has 2 aliphatic carbocycles. The molecule has 47 heavy (non-hydrogen) atoms. The van der Waals surface area contributed by atoms with E-state index in [9.17, 15) is 22.5 Å². The number of fused-ring (bicyclic) bond motifs is 4. The Morgan fingerprint density at radius 1 is 1.21 bits per heavy atom. The zero-order chi connectivity index (χ0) is 33.8. The van der Waals surface area contributed by atoms with Gasteiger partial charge in [0, 0.05) is 34.3 Å². The van der Waals surface area contributed by atoms with Gasteiger partial charge in [-0.05, 0) is 111 Å². The standard InChI is InChI=1S/C35H45ClN2O7S2/c1-23-7-5-16-35(40,22-45-47(4,42)43)30-12-9-27(30)19-38-20-34(15-6-8-25-17-28(36)11-13-29(25)34)21-44-32-14-10-26(18-31(32)38)33(39)37-46(3,41)24(23)2/h5,10-11,13-14,16-18,23-24,27,30,40H,3,6-9,12,15,19-22H2,1-2,4H3,(H,37,39,41)/b16-5+/t23-,24+,27-,30+,34-,35+,46?/m0/s1. The summed E-state index contributed by atoms with van der Waals surface area (Å²) in [5.74, 6) is 3.67. The molecule has 1 fully saturated rings. The lowest BCUT2D eigenvalue weighted by atomic mass is 9.64. The molecule has 6 rings (SSSR count). The third-order valence-electron chi connectivity index (χ3n) is 10.9. The predicted octanol–water partition coefficient (Wildman–Crippen LogP) is 4.89. The van der Waals surface area contributed by atoms with Gasteiger partial charge in [-0.2, -0.15) is 8.42 Å². The molecule has 2 bridgehead atoms. The monoisotopic (exact) mass is 704 g/mol. The van der Waals surface area contributed by atoms with Crippen LogP contribution in [-0.4, -0.2) is 72.9 Å². The number of anilines is 1. The minimum atomic E-state index is -3.81. The fourth-order valence-electron chi connectivity index (χ4n) is 7.83. The van der Waals surface area contributed by atoms with Crippen molar-refractivity contribution in [1.29, 1.82) is 0 Å². The summed E-state index contributed by atoms with van der Waals surface area (Å²) in [6.07, 6.45) is 9.24. The van der Waals surface area contributed by atoms with Crippen LogP contribution in [0.15, 0.2) is 48.6 Å².